The Morgan fingerprint density at radius 2 is 1.96 bits per heavy atom. The molecule has 138 valence electrons. The third-order valence-electron chi connectivity index (χ3n) is 4.09. The summed E-state index contributed by atoms with van der Waals surface area (Å²) < 4.78 is 16.1. The molecule has 3 rings (SSSR count). The topological polar surface area (TPSA) is 64.1 Å². The number of hydrogen-bond donors (Lipinski definition) is 2. The Hall–Kier alpha value is -2.89. The van der Waals surface area contributed by atoms with Gasteiger partial charge in [0.05, 0.1) is 13.7 Å². The number of para-hydroxylation sites is 1. The zero-order valence-corrected chi connectivity index (χ0v) is 15.2. The highest BCUT2D eigenvalue weighted by Gasteiger charge is 2.13. The van der Waals surface area contributed by atoms with Crippen LogP contribution in [0.15, 0.2) is 47.5 Å². The minimum Gasteiger partial charge on any atom is -0.496 e. The van der Waals surface area contributed by atoms with Crippen molar-refractivity contribution in [1.29, 1.82) is 0 Å². The van der Waals surface area contributed by atoms with Crippen LogP contribution in [0.1, 0.15) is 18.1 Å². The Morgan fingerprint density at radius 3 is 2.81 bits per heavy atom. The molecule has 0 atom stereocenters. The lowest BCUT2D eigenvalue weighted by molar-refractivity contribution is 0.174. The number of hydrogen-bond acceptors (Lipinski definition) is 4. The molecular weight excluding hydrogens is 330 g/mol. The summed E-state index contributed by atoms with van der Waals surface area (Å²) in [5.74, 6) is 3.28. The van der Waals surface area contributed by atoms with E-state index in [0.717, 1.165) is 48.3 Å². The molecule has 0 unspecified atom stereocenters. The van der Waals surface area contributed by atoms with Gasteiger partial charge in [0.2, 0.25) is 6.79 Å². The normalized spacial score (nSPS) is 12.8. The van der Waals surface area contributed by atoms with E-state index in [1.807, 2.05) is 36.4 Å². The van der Waals surface area contributed by atoms with Gasteiger partial charge in [0.15, 0.2) is 17.5 Å². The fraction of sp³-hybridized carbons (Fsp3) is 0.350. The lowest BCUT2D eigenvalue weighted by Gasteiger charge is -2.12. The van der Waals surface area contributed by atoms with E-state index in [4.69, 9.17) is 14.2 Å². The molecule has 0 aromatic heterocycles. The molecule has 2 aromatic carbocycles. The third kappa shape index (κ3) is 4.59. The maximum atomic E-state index is 5.42. The van der Waals surface area contributed by atoms with Crippen LogP contribution >= 0.6 is 0 Å². The highest BCUT2D eigenvalue weighted by atomic mass is 16.7. The van der Waals surface area contributed by atoms with E-state index < -0.39 is 0 Å². The smallest absolute Gasteiger partial charge is 0.231 e. The van der Waals surface area contributed by atoms with Crippen LogP contribution in [0.25, 0.3) is 0 Å². The van der Waals surface area contributed by atoms with Gasteiger partial charge in [0.1, 0.15) is 5.75 Å². The molecule has 0 saturated carbocycles. The largest absolute Gasteiger partial charge is 0.496 e. The molecular formula is C20H25N3O3. The van der Waals surface area contributed by atoms with Crippen molar-refractivity contribution >= 4 is 5.96 Å². The second-order valence-corrected chi connectivity index (χ2v) is 5.87. The molecule has 0 bridgehead atoms. The first-order valence-corrected chi connectivity index (χ1v) is 8.82. The van der Waals surface area contributed by atoms with E-state index in [1.165, 1.54) is 5.56 Å². The molecule has 0 aliphatic carbocycles. The average molecular weight is 355 g/mol. The van der Waals surface area contributed by atoms with Crippen LogP contribution in [0.4, 0.5) is 0 Å². The van der Waals surface area contributed by atoms with E-state index in [2.05, 4.69) is 28.6 Å². The Morgan fingerprint density at radius 1 is 1.12 bits per heavy atom. The molecule has 26 heavy (non-hydrogen) atoms. The van der Waals surface area contributed by atoms with Gasteiger partial charge in [-0.2, -0.15) is 0 Å². The predicted molar refractivity (Wildman–Crippen MR) is 102 cm³/mol. The zero-order chi connectivity index (χ0) is 18.2. The standard InChI is InChI=1S/C20H25N3O3/c1-3-21-20(23-13-16-6-4-5-7-17(16)24-2)22-11-10-15-8-9-18-19(12-15)26-14-25-18/h4-9,12H,3,10-11,13-14H2,1-2H3,(H2,21,22,23). The van der Waals surface area contributed by atoms with Gasteiger partial charge in [-0.05, 0) is 37.1 Å². The van der Waals surface area contributed by atoms with Gasteiger partial charge in [0, 0.05) is 18.7 Å². The number of nitrogens with one attached hydrogen (secondary N) is 2. The molecule has 0 amide bonds. The minimum absolute atomic E-state index is 0.303. The number of nitrogens with zero attached hydrogens (tertiary/aromatic N) is 1. The monoisotopic (exact) mass is 355 g/mol. The third-order valence-corrected chi connectivity index (χ3v) is 4.09. The summed E-state index contributed by atoms with van der Waals surface area (Å²) >= 11 is 0. The molecule has 0 radical (unpaired) electrons. The highest BCUT2D eigenvalue weighted by molar-refractivity contribution is 5.79. The van der Waals surface area contributed by atoms with Crippen molar-refractivity contribution in [2.24, 2.45) is 4.99 Å². The predicted octanol–water partition coefficient (Wildman–Crippen LogP) is 2.72. The van der Waals surface area contributed by atoms with E-state index in [1.54, 1.807) is 7.11 Å². The van der Waals surface area contributed by atoms with Gasteiger partial charge < -0.3 is 24.8 Å². The van der Waals surface area contributed by atoms with Crippen molar-refractivity contribution in [3.05, 3.63) is 53.6 Å². The van der Waals surface area contributed by atoms with E-state index in [9.17, 15) is 0 Å². The fourth-order valence-electron chi connectivity index (χ4n) is 2.76. The summed E-state index contributed by atoms with van der Waals surface area (Å²) in [4.78, 5) is 4.65. The van der Waals surface area contributed by atoms with Crippen LogP contribution in [-0.2, 0) is 13.0 Å². The Balaban J connectivity index is 1.56. The number of rotatable bonds is 7. The van der Waals surface area contributed by atoms with Gasteiger partial charge in [-0.3, -0.25) is 0 Å². The van der Waals surface area contributed by atoms with Crippen molar-refractivity contribution < 1.29 is 14.2 Å². The van der Waals surface area contributed by atoms with Crippen LogP contribution in [0, 0.1) is 0 Å². The second kappa shape index (κ2) is 8.99. The lowest BCUT2D eigenvalue weighted by atomic mass is 10.1. The number of benzene rings is 2. The molecule has 2 N–H and O–H groups in total. The van der Waals surface area contributed by atoms with E-state index in [0.29, 0.717) is 13.3 Å². The molecule has 1 heterocycles. The molecule has 0 saturated heterocycles. The van der Waals surface area contributed by atoms with Crippen LogP contribution in [0.2, 0.25) is 0 Å². The lowest BCUT2D eigenvalue weighted by Crippen LogP contribution is -2.38. The van der Waals surface area contributed by atoms with Crippen LogP contribution < -0.4 is 24.8 Å². The van der Waals surface area contributed by atoms with Crippen molar-refractivity contribution in [3.63, 3.8) is 0 Å². The summed E-state index contributed by atoms with van der Waals surface area (Å²) in [6.45, 7) is 4.50. The van der Waals surface area contributed by atoms with Crippen LogP contribution in [0.5, 0.6) is 17.2 Å². The van der Waals surface area contributed by atoms with Gasteiger partial charge >= 0.3 is 0 Å². The highest BCUT2D eigenvalue weighted by Crippen LogP contribution is 2.32. The van der Waals surface area contributed by atoms with Crippen LogP contribution in [0.3, 0.4) is 0 Å². The van der Waals surface area contributed by atoms with Crippen LogP contribution in [-0.4, -0.2) is 33.0 Å². The Labute approximate surface area is 154 Å². The SMILES string of the molecule is CCNC(=NCc1ccccc1OC)NCCc1ccc2c(c1)OCO2. The second-order valence-electron chi connectivity index (χ2n) is 5.87. The minimum atomic E-state index is 0.303. The Bertz CT molecular complexity index is 762. The number of methoxy groups -OCH3 is 1. The van der Waals surface area contributed by atoms with E-state index >= 15 is 0 Å². The van der Waals surface area contributed by atoms with Gasteiger partial charge in [-0.1, -0.05) is 24.3 Å². The summed E-state index contributed by atoms with van der Waals surface area (Å²) in [7, 11) is 1.68. The summed E-state index contributed by atoms with van der Waals surface area (Å²) in [6, 6.07) is 14.0. The molecule has 2 aromatic rings. The van der Waals surface area contributed by atoms with Gasteiger partial charge in [-0.15, -0.1) is 0 Å². The first-order chi connectivity index (χ1) is 12.8. The average Bonchev–Trinajstić information content (AvgIpc) is 3.14. The maximum absolute atomic E-state index is 5.42. The molecule has 1 aliphatic rings. The molecule has 6 nitrogen and oxygen atoms in total. The molecule has 6 heteroatoms. The van der Waals surface area contributed by atoms with Crippen molar-refractivity contribution in [3.8, 4) is 17.2 Å². The number of ether oxygens (including phenoxy) is 3. The van der Waals surface area contributed by atoms with Crippen molar-refractivity contribution in [2.45, 2.75) is 19.9 Å². The Kier molecular flexibility index (Phi) is 6.19. The first kappa shape index (κ1) is 17.9. The fourth-order valence-corrected chi connectivity index (χ4v) is 2.76. The van der Waals surface area contributed by atoms with Crippen molar-refractivity contribution in [2.75, 3.05) is 27.0 Å². The summed E-state index contributed by atoms with van der Waals surface area (Å²) in [5.41, 5.74) is 2.25. The quantitative estimate of drug-likeness (QED) is 0.591. The van der Waals surface area contributed by atoms with Gasteiger partial charge in [0.25, 0.3) is 0 Å². The first-order valence-electron chi connectivity index (χ1n) is 8.82. The zero-order valence-electron chi connectivity index (χ0n) is 15.2. The number of fused-ring (bicyclic) bond motifs is 1. The van der Waals surface area contributed by atoms with E-state index in [-0.39, 0.29) is 0 Å². The van der Waals surface area contributed by atoms with Gasteiger partial charge in [-0.25, -0.2) is 4.99 Å². The number of aliphatic imine (C=N–C) groups is 1. The molecule has 0 fully saturated rings. The van der Waals surface area contributed by atoms with Crippen molar-refractivity contribution in [1.82, 2.24) is 10.6 Å². The molecule has 0 spiro atoms. The maximum Gasteiger partial charge on any atom is 0.231 e. The summed E-state index contributed by atoms with van der Waals surface area (Å²) in [5, 5.41) is 6.64. The number of guanidine groups is 1. The summed E-state index contributed by atoms with van der Waals surface area (Å²) in [6.07, 6.45) is 0.871. The molecule has 1 aliphatic heterocycles.